The summed E-state index contributed by atoms with van der Waals surface area (Å²) in [4.78, 5) is 15.2. The van der Waals surface area contributed by atoms with Gasteiger partial charge in [0.1, 0.15) is 0 Å². The van der Waals surface area contributed by atoms with Gasteiger partial charge in [-0.05, 0) is 55.1 Å². The van der Waals surface area contributed by atoms with Gasteiger partial charge in [-0.1, -0.05) is 31.2 Å². The molecular weight excluding hydrogens is 380 g/mol. The van der Waals surface area contributed by atoms with E-state index in [0.717, 1.165) is 18.0 Å². The normalized spacial score (nSPS) is 14.9. The predicted molar refractivity (Wildman–Crippen MR) is 117 cm³/mol. The van der Waals surface area contributed by atoms with Gasteiger partial charge in [0, 0.05) is 13.1 Å². The topological polar surface area (TPSA) is 60.0 Å². The van der Waals surface area contributed by atoms with Crippen molar-refractivity contribution in [2.24, 2.45) is 5.92 Å². The van der Waals surface area contributed by atoms with E-state index in [9.17, 15) is 4.79 Å². The fraction of sp³-hybridized carbons (Fsp3) is 0.458. The van der Waals surface area contributed by atoms with Crippen LogP contribution in [0, 0.1) is 5.92 Å². The van der Waals surface area contributed by atoms with E-state index in [-0.39, 0.29) is 5.91 Å². The van der Waals surface area contributed by atoms with Crippen LogP contribution < -0.4 is 19.5 Å². The minimum absolute atomic E-state index is 0.223. The lowest BCUT2D eigenvalue weighted by Gasteiger charge is -2.30. The standard InChI is InChI=1S/C24H32N2O4/c1-17-11-13-26(14-12-17)16-19-7-5-18(6-8-19)15-25-24(27)20-9-10-21(28-2)23(30-4)22(20)29-3/h5-10,17H,11-16H2,1-4H3,(H,25,27). The third kappa shape index (κ3) is 5.25. The molecule has 6 heteroatoms. The highest BCUT2D eigenvalue weighted by Gasteiger charge is 2.20. The second-order valence-corrected chi connectivity index (χ2v) is 7.84. The molecule has 1 saturated heterocycles. The van der Waals surface area contributed by atoms with Gasteiger partial charge in [0.05, 0.1) is 26.9 Å². The van der Waals surface area contributed by atoms with Crippen molar-refractivity contribution in [3.05, 3.63) is 53.1 Å². The van der Waals surface area contributed by atoms with Gasteiger partial charge in [0.25, 0.3) is 5.91 Å². The second-order valence-electron chi connectivity index (χ2n) is 7.84. The van der Waals surface area contributed by atoms with Gasteiger partial charge in [-0.3, -0.25) is 9.69 Å². The number of likely N-dealkylation sites (tertiary alicyclic amines) is 1. The van der Waals surface area contributed by atoms with Gasteiger partial charge in [0.2, 0.25) is 5.75 Å². The van der Waals surface area contributed by atoms with Crippen LogP contribution in [0.1, 0.15) is 41.3 Å². The smallest absolute Gasteiger partial charge is 0.255 e. The van der Waals surface area contributed by atoms with E-state index in [1.807, 2.05) is 0 Å². The first-order chi connectivity index (χ1) is 14.5. The molecule has 2 aromatic carbocycles. The zero-order chi connectivity index (χ0) is 21.5. The molecular formula is C24H32N2O4. The molecule has 1 amide bonds. The maximum atomic E-state index is 12.7. The molecule has 162 valence electrons. The van der Waals surface area contributed by atoms with Crippen molar-refractivity contribution in [2.45, 2.75) is 32.9 Å². The first-order valence-corrected chi connectivity index (χ1v) is 10.4. The number of rotatable bonds is 8. The Morgan fingerprint density at radius 3 is 2.17 bits per heavy atom. The monoisotopic (exact) mass is 412 g/mol. The maximum Gasteiger partial charge on any atom is 0.255 e. The molecule has 2 aromatic rings. The van der Waals surface area contributed by atoms with Crippen molar-refractivity contribution in [3.63, 3.8) is 0 Å². The Bertz CT molecular complexity index is 843. The Labute approximate surface area is 179 Å². The lowest BCUT2D eigenvalue weighted by molar-refractivity contribution is 0.0947. The summed E-state index contributed by atoms with van der Waals surface area (Å²) in [5, 5.41) is 2.96. The molecule has 0 unspecified atom stereocenters. The van der Waals surface area contributed by atoms with Crippen LogP contribution in [0.15, 0.2) is 36.4 Å². The Kier molecular flexibility index (Phi) is 7.57. The number of nitrogens with zero attached hydrogens (tertiary/aromatic N) is 1. The van der Waals surface area contributed by atoms with Crippen molar-refractivity contribution >= 4 is 5.91 Å². The molecule has 1 heterocycles. The quantitative estimate of drug-likeness (QED) is 0.713. The summed E-state index contributed by atoms with van der Waals surface area (Å²) in [7, 11) is 4.58. The molecule has 30 heavy (non-hydrogen) atoms. The Balaban J connectivity index is 1.60. The zero-order valence-corrected chi connectivity index (χ0v) is 18.4. The molecule has 3 rings (SSSR count). The summed E-state index contributed by atoms with van der Waals surface area (Å²) in [6.45, 7) is 6.11. The summed E-state index contributed by atoms with van der Waals surface area (Å²) in [6.07, 6.45) is 2.56. The van der Waals surface area contributed by atoms with E-state index >= 15 is 0 Å². The van der Waals surface area contributed by atoms with Gasteiger partial charge < -0.3 is 19.5 Å². The van der Waals surface area contributed by atoms with Gasteiger partial charge in [0.15, 0.2) is 11.5 Å². The number of hydrogen-bond acceptors (Lipinski definition) is 5. The van der Waals surface area contributed by atoms with Gasteiger partial charge in [-0.15, -0.1) is 0 Å². The molecule has 0 saturated carbocycles. The van der Waals surface area contributed by atoms with E-state index < -0.39 is 0 Å². The van der Waals surface area contributed by atoms with E-state index in [4.69, 9.17) is 14.2 Å². The van der Waals surface area contributed by atoms with Crippen LogP contribution in [-0.2, 0) is 13.1 Å². The van der Waals surface area contributed by atoms with Crippen LogP contribution in [0.5, 0.6) is 17.2 Å². The van der Waals surface area contributed by atoms with E-state index in [1.165, 1.54) is 45.7 Å². The number of amides is 1. The minimum Gasteiger partial charge on any atom is -0.493 e. The first kappa shape index (κ1) is 22.0. The highest BCUT2D eigenvalue weighted by Crippen LogP contribution is 2.39. The highest BCUT2D eigenvalue weighted by molar-refractivity contribution is 5.98. The van der Waals surface area contributed by atoms with Gasteiger partial charge in [-0.2, -0.15) is 0 Å². The molecule has 1 aliphatic rings. The number of methoxy groups -OCH3 is 3. The van der Waals surface area contributed by atoms with Crippen molar-refractivity contribution in [1.29, 1.82) is 0 Å². The highest BCUT2D eigenvalue weighted by atomic mass is 16.5. The third-order valence-electron chi connectivity index (χ3n) is 5.71. The average Bonchev–Trinajstić information content (AvgIpc) is 2.78. The number of carbonyl (C=O) groups excluding carboxylic acids is 1. The van der Waals surface area contributed by atoms with Crippen LogP contribution in [0.2, 0.25) is 0 Å². The molecule has 0 bridgehead atoms. The minimum atomic E-state index is -0.223. The Hall–Kier alpha value is -2.73. The molecule has 1 aliphatic heterocycles. The largest absolute Gasteiger partial charge is 0.493 e. The van der Waals surface area contributed by atoms with Crippen LogP contribution in [0.25, 0.3) is 0 Å². The SMILES string of the molecule is COc1ccc(C(=O)NCc2ccc(CN3CCC(C)CC3)cc2)c(OC)c1OC. The Morgan fingerprint density at radius 2 is 1.57 bits per heavy atom. The fourth-order valence-electron chi connectivity index (χ4n) is 3.80. The van der Waals surface area contributed by atoms with Gasteiger partial charge in [-0.25, -0.2) is 0 Å². The van der Waals surface area contributed by atoms with Crippen LogP contribution in [0.3, 0.4) is 0 Å². The average molecular weight is 413 g/mol. The molecule has 0 radical (unpaired) electrons. The molecule has 6 nitrogen and oxygen atoms in total. The summed E-state index contributed by atoms with van der Waals surface area (Å²) in [5.74, 6) is 1.91. The number of nitrogens with one attached hydrogen (secondary N) is 1. The van der Waals surface area contributed by atoms with E-state index in [1.54, 1.807) is 19.2 Å². The zero-order valence-electron chi connectivity index (χ0n) is 18.4. The van der Waals surface area contributed by atoms with Crippen LogP contribution in [0.4, 0.5) is 0 Å². The van der Waals surface area contributed by atoms with Crippen molar-refractivity contribution in [3.8, 4) is 17.2 Å². The number of benzene rings is 2. The number of hydrogen-bond donors (Lipinski definition) is 1. The molecule has 1 N–H and O–H groups in total. The van der Waals surface area contributed by atoms with Crippen LogP contribution in [-0.4, -0.2) is 45.2 Å². The molecule has 0 atom stereocenters. The predicted octanol–water partition coefficient (Wildman–Crippen LogP) is 3.87. The number of piperidine rings is 1. The first-order valence-electron chi connectivity index (χ1n) is 10.4. The summed E-state index contributed by atoms with van der Waals surface area (Å²) in [5.41, 5.74) is 2.77. The van der Waals surface area contributed by atoms with Crippen molar-refractivity contribution in [2.75, 3.05) is 34.4 Å². The lowest BCUT2D eigenvalue weighted by Crippen LogP contribution is -2.32. The third-order valence-corrected chi connectivity index (χ3v) is 5.71. The van der Waals surface area contributed by atoms with Crippen molar-refractivity contribution in [1.82, 2.24) is 10.2 Å². The molecule has 1 fully saturated rings. The van der Waals surface area contributed by atoms with Gasteiger partial charge >= 0.3 is 0 Å². The summed E-state index contributed by atoms with van der Waals surface area (Å²) >= 11 is 0. The van der Waals surface area contributed by atoms with Crippen molar-refractivity contribution < 1.29 is 19.0 Å². The fourth-order valence-corrected chi connectivity index (χ4v) is 3.80. The number of carbonyl (C=O) groups is 1. The molecule has 0 aliphatic carbocycles. The summed E-state index contributed by atoms with van der Waals surface area (Å²) < 4.78 is 16.0. The Morgan fingerprint density at radius 1 is 0.933 bits per heavy atom. The van der Waals surface area contributed by atoms with Crippen LogP contribution >= 0.6 is 0 Å². The lowest BCUT2D eigenvalue weighted by atomic mass is 9.99. The van der Waals surface area contributed by atoms with E-state index in [2.05, 4.69) is 41.4 Å². The van der Waals surface area contributed by atoms with E-state index in [0.29, 0.717) is 29.4 Å². The molecule has 0 spiro atoms. The number of ether oxygens (including phenoxy) is 3. The maximum absolute atomic E-state index is 12.7. The second kappa shape index (κ2) is 10.3. The summed E-state index contributed by atoms with van der Waals surface area (Å²) in [6, 6.07) is 11.8. The molecule has 0 aromatic heterocycles.